The maximum Gasteiger partial charge on any atom is 0.339 e. The highest BCUT2D eigenvalue weighted by Crippen LogP contribution is 2.37. The third-order valence-corrected chi connectivity index (χ3v) is 5.39. The molecule has 27 heavy (non-hydrogen) atoms. The molecule has 0 radical (unpaired) electrons. The first-order chi connectivity index (χ1) is 12.6. The Hall–Kier alpha value is -1.89. The highest BCUT2D eigenvalue weighted by atomic mass is 79.9. The average molecular weight is 472 g/mol. The monoisotopic (exact) mass is 470 g/mol. The summed E-state index contributed by atoms with van der Waals surface area (Å²) in [7, 11) is 0. The summed E-state index contributed by atoms with van der Waals surface area (Å²) in [6.07, 6.45) is 0.190. The summed E-state index contributed by atoms with van der Waals surface area (Å²) < 4.78 is 0.892. The van der Waals surface area contributed by atoms with Gasteiger partial charge in [0.15, 0.2) is 0 Å². The van der Waals surface area contributed by atoms with Gasteiger partial charge in [-0.3, -0.25) is 9.59 Å². The fourth-order valence-electron chi connectivity index (χ4n) is 3.27. The Balaban J connectivity index is 2.07. The van der Waals surface area contributed by atoms with Crippen molar-refractivity contribution in [2.45, 2.75) is 25.8 Å². The average Bonchev–Trinajstić information content (AvgIpc) is 2.75. The van der Waals surface area contributed by atoms with Crippen molar-refractivity contribution in [3.63, 3.8) is 0 Å². The van der Waals surface area contributed by atoms with Gasteiger partial charge in [-0.15, -0.1) is 0 Å². The molecule has 5 nitrogen and oxygen atoms in total. The number of anilines is 1. The van der Waals surface area contributed by atoms with Crippen LogP contribution >= 0.6 is 39.1 Å². The molecular weight excluding hydrogens is 457 g/mol. The molecule has 140 valence electrons. The van der Waals surface area contributed by atoms with Crippen molar-refractivity contribution in [1.29, 1.82) is 0 Å². The molecule has 8 heteroatoms. The predicted octanol–water partition coefficient (Wildman–Crippen LogP) is 5.07. The molecule has 0 bridgehead atoms. The van der Waals surface area contributed by atoms with Gasteiger partial charge in [0.25, 0.3) is 5.91 Å². The van der Waals surface area contributed by atoms with Gasteiger partial charge >= 0.3 is 6.03 Å². The van der Waals surface area contributed by atoms with Crippen LogP contribution in [-0.2, 0) is 16.0 Å². The lowest BCUT2D eigenvalue weighted by Crippen LogP contribution is -2.51. The first-order valence-corrected chi connectivity index (χ1v) is 9.58. The molecule has 0 aliphatic carbocycles. The van der Waals surface area contributed by atoms with Crippen molar-refractivity contribution in [3.8, 4) is 0 Å². The van der Waals surface area contributed by atoms with E-state index < -0.39 is 23.4 Å². The zero-order valence-electron chi connectivity index (χ0n) is 14.5. The van der Waals surface area contributed by atoms with Crippen molar-refractivity contribution in [1.82, 2.24) is 4.90 Å². The number of halogens is 3. The molecule has 0 aromatic heterocycles. The van der Waals surface area contributed by atoms with Crippen molar-refractivity contribution in [2.24, 2.45) is 0 Å². The fraction of sp³-hybridized carbons (Fsp3) is 0.211. The normalized spacial score (nSPS) is 19.7. The summed E-state index contributed by atoms with van der Waals surface area (Å²) >= 11 is 15.4. The number of nitrogens with zero attached hydrogens (tertiary/aromatic N) is 2. The van der Waals surface area contributed by atoms with Crippen LogP contribution in [0.1, 0.15) is 19.4 Å². The van der Waals surface area contributed by atoms with E-state index in [0.29, 0.717) is 0 Å². The maximum atomic E-state index is 13.3. The molecule has 4 amide bonds. The maximum absolute atomic E-state index is 13.3. The zero-order valence-corrected chi connectivity index (χ0v) is 17.6. The van der Waals surface area contributed by atoms with E-state index in [0.717, 1.165) is 19.8 Å². The first kappa shape index (κ1) is 19.9. The molecule has 0 N–H and O–H groups in total. The smallest absolute Gasteiger partial charge is 0.275 e. The number of benzene rings is 2. The van der Waals surface area contributed by atoms with E-state index in [1.54, 1.807) is 6.92 Å². The van der Waals surface area contributed by atoms with Crippen molar-refractivity contribution >= 4 is 62.7 Å². The summed E-state index contributed by atoms with van der Waals surface area (Å²) in [4.78, 5) is 40.4. The van der Waals surface area contributed by atoms with Crippen molar-refractivity contribution in [2.75, 3.05) is 4.90 Å². The summed E-state index contributed by atoms with van der Waals surface area (Å²) in [6, 6.07) is 11.1. The van der Waals surface area contributed by atoms with Crippen molar-refractivity contribution in [3.05, 3.63) is 62.5 Å². The molecule has 3 rings (SSSR count). The second kappa shape index (κ2) is 7.26. The molecule has 1 saturated heterocycles. The summed E-state index contributed by atoms with van der Waals surface area (Å²) in [5.74, 6) is -1.02. The van der Waals surface area contributed by atoms with E-state index in [2.05, 4.69) is 15.9 Å². The minimum Gasteiger partial charge on any atom is -0.275 e. The molecule has 1 atom stereocenters. The largest absolute Gasteiger partial charge is 0.339 e. The van der Waals surface area contributed by atoms with Gasteiger partial charge in [0.2, 0.25) is 5.91 Å². The molecule has 0 unspecified atom stereocenters. The van der Waals surface area contributed by atoms with Crippen LogP contribution in [0.3, 0.4) is 0 Å². The van der Waals surface area contributed by atoms with Crippen LogP contribution in [-0.4, -0.2) is 28.3 Å². The van der Waals surface area contributed by atoms with Gasteiger partial charge in [0, 0.05) is 27.9 Å². The Morgan fingerprint density at radius 1 is 1.15 bits per heavy atom. The highest BCUT2D eigenvalue weighted by Gasteiger charge is 2.56. The Kier molecular flexibility index (Phi) is 5.34. The Morgan fingerprint density at radius 2 is 1.70 bits per heavy atom. The second-order valence-corrected chi connectivity index (χ2v) is 8.27. The van der Waals surface area contributed by atoms with Crippen LogP contribution in [0.2, 0.25) is 10.0 Å². The van der Waals surface area contributed by atoms with Crippen LogP contribution in [0.15, 0.2) is 46.9 Å². The van der Waals surface area contributed by atoms with Crippen molar-refractivity contribution < 1.29 is 14.4 Å². The topological polar surface area (TPSA) is 57.7 Å². The number of imide groups is 2. The quantitative estimate of drug-likeness (QED) is 0.587. The third-order valence-electron chi connectivity index (χ3n) is 4.42. The number of hydrogen-bond donors (Lipinski definition) is 0. The van der Waals surface area contributed by atoms with Gasteiger partial charge in [-0.05, 0) is 42.8 Å². The van der Waals surface area contributed by atoms with E-state index in [4.69, 9.17) is 23.2 Å². The summed E-state index contributed by atoms with van der Waals surface area (Å²) in [6.45, 7) is 2.85. The number of rotatable bonds is 3. The standard InChI is InChI=1S/C19H15BrCl2N2O3/c1-11(25)24-18(27)23(16-8-14(21)7-15(22)9-16)17(26)19(24,2)10-12-3-5-13(20)6-4-12/h3-9H,10H2,1-2H3/t19-/m1/s1/i18+2. The molecule has 1 aliphatic rings. The SMILES string of the molecule is CC(=O)N1[14C](=O)N(c2cc(Cl)cc(Cl)c2)C(=O)[C@@]1(C)Cc1ccc(Br)cc1. The second-order valence-electron chi connectivity index (χ2n) is 6.48. The molecular formula is C19H15BrCl2N2O3. The molecule has 1 aliphatic heterocycles. The highest BCUT2D eigenvalue weighted by molar-refractivity contribution is 9.10. The zero-order chi connectivity index (χ0) is 19.9. The lowest BCUT2D eigenvalue weighted by Gasteiger charge is -2.29. The number of carbonyl (C=O) groups excluding carboxylic acids is 3. The van der Waals surface area contributed by atoms with Gasteiger partial charge in [0.05, 0.1) is 5.69 Å². The summed E-state index contributed by atoms with van der Waals surface area (Å²) in [5.41, 5.74) is -0.307. The van der Waals surface area contributed by atoms with E-state index in [9.17, 15) is 14.4 Å². The minimum absolute atomic E-state index is 0.190. The molecule has 0 spiro atoms. The fourth-order valence-corrected chi connectivity index (χ4v) is 4.05. The van der Waals surface area contributed by atoms with Crippen LogP contribution in [0, 0.1) is 0 Å². The minimum atomic E-state index is -1.36. The third kappa shape index (κ3) is 3.61. The molecule has 2 aromatic carbocycles. The lowest BCUT2D eigenvalue weighted by molar-refractivity contribution is -0.135. The number of urea groups is 1. The van der Waals surface area contributed by atoms with Crippen LogP contribution < -0.4 is 4.90 Å². The van der Waals surface area contributed by atoms with Gasteiger partial charge in [-0.2, -0.15) is 0 Å². The van der Waals surface area contributed by atoms with Gasteiger partial charge in [0.1, 0.15) is 5.54 Å². The Morgan fingerprint density at radius 3 is 2.22 bits per heavy atom. The van der Waals surface area contributed by atoms with Gasteiger partial charge in [-0.1, -0.05) is 51.3 Å². The molecule has 2 aromatic rings. The van der Waals surface area contributed by atoms with Crippen LogP contribution in [0.5, 0.6) is 0 Å². The first-order valence-electron chi connectivity index (χ1n) is 8.03. The summed E-state index contributed by atoms with van der Waals surface area (Å²) in [5, 5.41) is 0.572. The predicted molar refractivity (Wildman–Crippen MR) is 108 cm³/mol. The van der Waals surface area contributed by atoms with E-state index in [1.807, 2.05) is 24.3 Å². The van der Waals surface area contributed by atoms with Crippen LogP contribution in [0.25, 0.3) is 0 Å². The van der Waals surface area contributed by atoms with E-state index in [-0.39, 0.29) is 22.2 Å². The van der Waals surface area contributed by atoms with E-state index in [1.165, 1.54) is 25.1 Å². The molecule has 1 heterocycles. The lowest BCUT2D eigenvalue weighted by atomic mass is 9.91. The van der Waals surface area contributed by atoms with Crippen LogP contribution in [0.4, 0.5) is 10.5 Å². The molecule has 1 fully saturated rings. The molecule has 0 saturated carbocycles. The number of hydrogen-bond acceptors (Lipinski definition) is 3. The van der Waals surface area contributed by atoms with Gasteiger partial charge < -0.3 is 0 Å². The Labute approximate surface area is 175 Å². The number of amides is 4. The van der Waals surface area contributed by atoms with E-state index >= 15 is 0 Å². The van der Waals surface area contributed by atoms with Gasteiger partial charge in [-0.25, -0.2) is 14.6 Å². The number of carbonyl (C=O) groups is 3. The Bertz CT molecular complexity index is 928.